The van der Waals surface area contributed by atoms with Crippen LogP contribution >= 0.6 is 0 Å². The average Bonchev–Trinajstić information content (AvgIpc) is 2.96. The second-order valence-corrected chi connectivity index (χ2v) is 5.83. The average molecular weight is 326 g/mol. The van der Waals surface area contributed by atoms with Crippen molar-refractivity contribution in [3.63, 3.8) is 0 Å². The quantitative estimate of drug-likeness (QED) is 0.652. The van der Waals surface area contributed by atoms with Crippen LogP contribution in [0.3, 0.4) is 0 Å². The van der Waals surface area contributed by atoms with E-state index in [2.05, 4.69) is 10.3 Å². The molecule has 1 heterocycles. The number of nitrogens with one attached hydrogen (secondary N) is 2. The zero-order valence-corrected chi connectivity index (χ0v) is 13.1. The molecule has 3 aromatic rings. The van der Waals surface area contributed by atoms with Crippen molar-refractivity contribution in [3.05, 3.63) is 71.7 Å². The highest BCUT2D eigenvalue weighted by molar-refractivity contribution is 5.88. The number of hydrogen-bond donors (Lipinski definition) is 3. The number of benzene rings is 2. The second-order valence-electron chi connectivity index (χ2n) is 5.83. The molecule has 0 fully saturated rings. The van der Waals surface area contributed by atoms with Gasteiger partial charge in [0.2, 0.25) is 5.91 Å². The highest BCUT2D eigenvalue weighted by Gasteiger charge is 2.11. The summed E-state index contributed by atoms with van der Waals surface area (Å²) in [5.74, 6) is -0.489. The van der Waals surface area contributed by atoms with Gasteiger partial charge >= 0.3 is 0 Å². The lowest BCUT2D eigenvalue weighted by molar-refractivity contribution is -0.120. The van der Waals surface area contributed by atoms with Crippen LogP contribution < -0.4 is 5.32 Å². The Kier molecular flexibility index (Phi) is 4.91. The standard InChI is InChI=1S/C19H19FN2O2/c20-15-6-7-17-14(11-21-18(17)10-15)9-19(24)22-12-16(23)8-13-4-2-1-3-5-13/h1-7,10-11,16,21,23H,8-9,12H2,(H,22,24). The summed E-state index contributed by atoms with van der Waals surface area (Å²) in [6.45, 7) is 0.199. The summed E-state index contributed by atoms with van der Waals surface area (Å²) >= 11 is 0. The summed E-state index contributed by atoms with van der Waals surface area (Å²) in [4.78, 5) is 15.0. The molecular formula is C19H19FN2O2. The van der Waals surface area contributed by atoms with Crippen LogP contribution in [0.2, 0.25) is 0 Å². The summed E-state index contributed by atoms with van der Waals surface area (Å²) in [6.07, 6.45) is 1.76. The van der Waals surface area contributed by atoms with Crippen molar-refractivity contribution in [1.82, 2.24) is 10.3 Å². The molecule has 1 aromatic heterocycles. The number of aromatic amines is 1. The zero-order valence-electron chi connectivity index (χ0n) is 13.1. The molecule has 0 radical (unpaired) electrons. The predicted molar refractivity (Wildman–Crippen MR) is 91.1 cm³/mol. The van der Waals surface area contributed by atoms with Gasteiger partial charge in [0.15, 0.2) is 0 Å². The first-order valence-corrected chi connectivity index (χ1v) is 7.86. The van der Waals surface area contributed by atoms with Crippen LogP contribution in [0, 0.1) is 5.82 Å². The molecule has 0 bridgehead atoms. The topological polar surface area (TPSA) is 65.1 Å². The van der Waals surface area contributed by atoms with Crippen molar-refractivity contribution < 1.29 is 14.3 Å². The summed E-state index contributed by atoms with van der Waals surface area (Å²) in [5, 5.41) is 13.6. The molecule has 124 valence electrons. The van der Waals surface area contributed by atoms with E-state index < -0.39 is 6.10 Å². The van der Waals surface area contributed by atoms with Gasteiger partial charge in [-0.15, -0.1) is 0 Å². The third-order valence-electron chi connectivity index (χ3n) is 3.93. The number of aliphatic hydroxyl groups is 1. The van der Waals surface area contributed by atoms with E-state index in [1.54, 1.807) is 12.3 Å². The lowest BCUT2D eigenvalue weighted by Gasteiger charge is -2.12. The molecule has 1 atom stereocenters. The van der Waals surface area contributed by atoms with E-state index in [0.29, 0.717) is 11.9 Å². The molecule has 0 saturated heterocycles. The van der Waals surface area contributed by atoms with Gasteiger partial charge in [0.1, 0.15) is 5.82 Å². The van der Waals surface area contributed by atoms with Crippen LogP contribution in [-0.4, -0.2) is 28.6 Å². The molecule has 0 aliphatic carbocycles. The Balaban J connectivity index is 1.53. The number of fused-ring (bicyclic) bond motifs is 1. The predicted octanol–water partition coefficient (Wildman–Crippen LogP) is 2.57. The number of rotatable bonds is 6. The lowest BCUT2D eigenvalue weighted by atomic mass is 10.1. The first-order valence-electron chi connectivity index (χ1n) is 7.86. The third-order valence-corrected chi connectivity index (χ3v) is 3.93. The van der Waals surface area contributed by atoms with Crippen molar-refractivity contribution in [2.24, 2.45) is 0 Å². The normalized spacial score (nSPS) is 12.2. The molecular weight excluding hydrogens is 307 g/mol. The van der Waals surface area contributed by atoms with Gasteiger partial charge in [0.05, 0.1) is 12.5 Å². The van der Waals surface area contributed by atoms with Crippen LogP contribution in [0.4, 0.5) is 4.39 Å². The number of halogens is 1. The summed E-state index contributed by atoms with van der Waals surface area (Å²) < 4.78 is 13.2. The summed E-state index contributed by atoms with van der Waals surface area (Å²) in [6, 6.07) is 14.1. The fourth-order valence-electron chi connectivity index (χ4n) is 2.73. The Hall–Kier alpha value is -2.66. The molecule has 1 unspecified atom stereocenters. The van der Waals surface area contributed by atoms with Crippen LogP contribution in [-0.2, 0) is 17.6 Å². The fourth-order valence-corrected chi connectivity index (χ4v) is 2.73. The minimum absolute atomic E-state index is 0.174. The van der Waals surface area contributed by atoms with Gasteiger partial charge in [-0.25, -0.2) is 4.39 Å². The molecule has 0 saturated carbocycles. The number of amides is 1. The van der Waals surface area contributed by atoms with E-state index in [1.165, 1.54) is 12.1 Å². The van der Waals surface area contributed by atoms with E-state index in [-0.39, 0.29) is 24.7 Å². The number of carbonyl (C=O) groups excluding carboxylic acids is 1. The molecule has 0 spiro atoms. The minimum Gasteiger partial charge on any atom is -0.391 e. The van der Waals surface area contributed by atoms with E-state index >= 15 is 0 Å². The zero-order chi connectivity index (χ0) is 16.9. The van der Waals surface area contributed by atoms with Gasteiger partial charge < -0.3 is 15.4 Å². The molecule has 1 amide bonds. The molecule has 0 aliphatic rings. The van der Waals surface area contributed by atoms with E-state index in [9.17, 15) is 14.3 Å². The van der Waals surface area contributed by atoms with E-state index in [0.717, 1.165) is 16.5 Å². The fraction of sp³-hybridized carbons (Fsp3) is 0.211. The van der Waals surface area contributed by atoms with Crippen LogP contribution in [0.15, 0.2) is 54.7 Å². The summed E-state index contributed by atoms with van der Waals surface area (Å²) in [7, 11) is 0. The largest absolute Gasteiger partial charge is 0.391 e. The van der Waals surface area contributed by atoms with Crippen molar-refractivity contribution in [1.29, 1.82) is 0 Å². The molecule has 3 N–H and O–H groups in total. The second kappa shape index (κ2) is 7.27. The highest BCUT2D eigenvalue weighted by Crippen LogP contribution is 2.19. The van der Waals surface area contributed by atoms with Crippen LogP contribution in [0.5, 0.6) is 0 Å². The molecule has 3 rings (SSSR count). The third kappa shape index (κ3) is 4.00. The van der Waals surface area contributed by atoms with Crippen molar-refractivity contribution in [3.8, 4) is 0 Å². The minimum atomic E-state index is -0.631. The van der Waals surface area contributed by atoms with Gasteiger partial charge in [-0.1, -0.05) is 30.3 Å². The number of hydrogen-bond acceptors (Lipinski definition) is 2. The maximum atomic E-state index is 13.2. The van der Waals surface area contributed by atoms with E-state index in [1.807, 2.05) is 30.3 Å². The van der Waals surface area contributed by atoms with Crippen LogP contribution in [0.25, 0.3) is 10.9 Å². The van der Waals surface area contributed by atoms with Gasteiger partial charge in [-0.05, 0) is 29.3 Å². The molecule has 4 nitrogen and oxygen atoms in total. The molecule has 2 aromatic carbocycles. The van der Waals surface area contributed by atoms with Crippen molar-refractivity contribution >= 4 is 16.8 Å². The monoisotopic (exact) mass is 326 g/mol. The maximum absolute atomic E-state index is 13.2. The Morgan fingerprint density at radius 3 is 2.79 bits per heavy atom. The van der Waals surface area contributed by atoms with Gasteiger partial charge in [-0.3, -0.25) is 4.79 Å². The summed E-state index contributed by atoms with van der Waals surface area (Å²) in [5.41, 5.74) is 2.50. The molecule has 5 heteroatoms. The lowest BCUT2D eigenvalue weighted by Crippen LogP contribution is -2.34. The number of aliphatic hydroxyl groups excluding tert-OH is 1. The van der Waals surface area contributed by atoms with Gasteiger partial charge in [-0.2, -0.15) is 0 Å². The Morgan fingerprint density at radius 2 is 2.00 bits per heavy atom. The maximum Gasteiger partial charge on any atom is 0.224 e. The van der Waals surface area contributed by atoms with Crippen molar-refractivity contribution in [2.75, 3.05) is 6.54 Å². The van der Waals surface area contributed by atoms with Gasteiger partial charge in [0.25, 0.3) is 0 Å². The number of H-pyrrole nitrogens is 1. The van der Waals surface area contributed by atoms with Crippen molar-refractivity contribution in [2.45, 2.75) is 18.9 Å². The SMILES string of the molecule is O=C(Cc1c[nH]c2cc(F)ccc12)NCC(O)Cc1ccccc1. The van der Waals surface area contributed by atoms with Crippen LogP contribution in [0.1, 0.15) is 11.1 Å². The Bertz CT molecular complexity index is 830. The molecule has 24 heavy (non-hydrogen) atoms. The Labute approximate surface area is 139 Å². The first kappa shape index (κ1) is 16.2. The smallest absolute Gasteiger partial charge is 0.224 e. The number of aromatic nitrogens is 1. The van der Waals surface area contributed by atoms with Gasteiger partial charge in [0, 0.05) is 30.1 Å². The van der Waals surface area contributed by atoms with E-state index in [4.69, 9.17) is 0 Å². The first-order chi connectivity index (χ1) is 11.6. The Morgan fingerprint density at radius 1 is 1.21 bits per heavy atom. The number of carbonyl (C=O) groups is 1. The highest BCUT2D eigenvalue weighted by atomic mass is 19.1. The molecule has 0 aliphatic heterocycles.